The molecule has 0 aromatic carbocycles. The van der Waals surface area contributed by atoms with E-state index in [2.05, 4.69) is 20.4 Å². The molecule has 0 aliphatic rings. The molecule has 0 radical (unpaired) electrons. The predicted molar refractivity (Wildman–Crippen MR) is 49.0 cm³/mol. The third kappa shape index (κ3) is 6.30. The Balaban J connectivity index is 2.97. The highest BCUT2D eigenvalue weighted by atomic mass is 28.3. The van der Waals surface area contributed by atoms with Crippen molar-refractivity contribution in [2.45, 2.75) is 45.7 Å². The average molecular weight is 160 g/mol. The summed E-state index contributed by atoms with van der Waals surface area (Å²) in [5, 5.41) is 0. The maximum absolute atomic E-state index is 5.66. The van der Waals surface area contributed by atoms with Crippen molar-refractivity contribution < 1.29 is 4.43 Å². The number of rotatable bonds is 6. The second-order valence-corrected chi connectivity index (χ2v) is 5.36. The van der Waals surface area contributed by atoms with E-state index in [1.165, 1.54) is 25.3 Å². The van der Waals surface area contributed by atoms with Crippen molar-refractivity contribution in [3.8, 4) is 0 Å². The molecule has 0 amide bonds. The maximum atomic E-state index is 5.66. The molecule has 1 atom stereocenters. The molecule has 0 aliphatic carbocycles. The number of unbranched alkanes of at least 4 members (excludes halogenated alkanes) is 1. The van der Waals surface area contributed by atoms with Gasteiger partial charge in [0.2, 0.25) is 0 Å². The fraction of sp³-hybridized carbons (Fsp3) is 1.00. The first-order valence-corrected chi connectivity index (χ1v) is 6.87. The van der Waals surface area contributed by atoms with E-state index in [4.69, 9.17) is 4.43 Å². The summed E-state index contributed by atoms with van der Waals surface area (Å²) in [5.74, 6) is 0. The molecule has 1 unspecified atom stereocenters. The second kappa shape index (κ2) is 7.29. The molecule has 0 rings (SSSR count). The summed E-state index contributed by atoms with van der Waals surface area (Å²) in [6.07, 6.45) is 3.79. The molecule has 0 aromatic rings. The topological polar surface area (TPSA) is 9.23 Å². The molecular weight excluding hydrogens is 140 g/mol. The molecule has 10 heavy (non-hydrogen) atoms. The molecule has 0 fully saturated rings. The van der Waals surface area contributed by atoms with Crippen LogP contribution in [0, 0.1) is 0 Å². The van der Waals surface area contributed by atoms with E-state index in [0.717, 1.165) is 6.61 Å². The minimum Gasteiger partial charge on any atom is -0.420 e. The molecule has 1 nitrogen and oxygen atoms in total. The van der Waals surface area contributed by atoms with Crippen LogP contribution < -0.4 is 0 Å². The van der Waals surface area contributed by atoms with Crippen LogP contribution >= 0.6 is 0 Å². The summed E-state index contributed by atoms with van der Waals surface area (Å²) < 4.78 is 5.66. The van der Waals surface area contributed by atoms with Gasteiger partial charge in [-0.05, 0) is 19.0 Å². The van der Waals surface area contributed by atoms with Gasteiger partial charge in [-0.15, -0.1) is 0 Å². The standard InChI is InChI=1S/C8H20OSi/c1-4-6-7-9-10(3)8-5-2/h10H,4-8H2,1-3H3. The highest BCUT2D eigenvalue weighted by molar-refractivity contribution is 6.50. The van der Waals surface area contributed by atoms with Gasteiger partial charge in [0, 0.05) is 6.61 Å². The largest absolute Gasteiger partial charge is 0.420 e. The van der Waals surface area contributed by atoms with Crippen LogP contribution in [-0.2, 0) is 4.43 Å². The number of hydrogen-bond acceptors (Lipinski definition) is 1. The Morgan fingerprint density at radius 2 is 1.90 bits per heavy atom. The molecule has 0 aromatic heterocycles. The first-order valence-electron chi connectivity index (χ1n) is 4.42. The lowest BCUT2D eigenvalue weighted by Gasteiger charge is -2.08. The smallest absolute Gasteiger partial charge is 0.173 e. The summed E-state index contributed by atoms with van der Waals surface area (Å²) in [6, 6.07) is 1.34. The van der Waals surface area contributed by atoms with E-state index in [-0.39, 0.29) is 0 Å². The van der Waals surface area contributed by atoms with Crippen LogP contribution in [-0.4, -0.2) is 15.6 Å². The summed E-state index contributed by atoms with van der Waals surface area (Å²) in [6.45, 7) is 7.73. The van der Waals surface area contributed by atoms with Gasteiger partial charge in [-0.2, -0.15) is 0 Å². The van der Waals surface area contributed by atoms with Gasteiger partial charge in [0.25, 0.3) is 0 Å². The van der Waals surface area contributed by atoms with Crippen LogP contribution in [0.3, 0.4) is 0 Å². The lowest BCUT2D eigenvalue weighted by atomic mass is 10.4. The zero-order valence-corrected chi connectivity index (χ0v) is 8.68. The summed E-state index contributed by atoms with van der Waals surface area (Å²) in [4.78, 5) is 0. The van der Waals surface area contributed by atoms with Crippen LogP contribution in [0.1, 0.15) is 33.1 Å². The van der Waals surface area contributed by atoms with Gasteiger partial charge >= 0.3 is 0 Å². The summed E-state index contributed by atoms with van der Waals surface area (Å²) in [7, 11) is -0.734. The van der Waals surface area contributed by atoms with Crippen molar-refractivity contribution in [2.24, 2.45) is 0 Å². The SMILES string of the molecule is CCCCO[SiH](C)CCC. The van der Waals surface area contributed by atoms with E-state index in [0.29, 0.717) is 0 Å². The van der Waals surface area contributed by atoms with Gasteiger partial charge < -0.3 is 4.43 Å². The Labute approximate surface area is 66.5 Å². The molecule has 0 bridgehead atoms. The van der Waals surface area contributed by atoms with Crippen molar-refractivity contribution >= 4 is 9.04 Å². The third-order valence-electron chi connectivity index (χ3n) is 1.60. The highest BCUT2D eigenvalue weighted by Gasteiger charge is 2.00. The zero-order chi connectivity index (χ0) is 7.82. The molecule has 0 aliphatic heterocycles. The lowest BCUT2D eigenvalue weighted by molar-refractivity contribution is 0.313. The van der Waals surface area contributed by atoms with Gasteiger partial charge in [-0.3, -0.25) is 0 Å². The van der Waals surface area contributed by atoms with Crippen LogP contribution in [0.5, 0.6) is 0 Å². The fourth-order valence-corrected chi connectivity index (χ4v) is 2.47. The first kappa shape index (κ1) is 10.2. The third-order valence-corrected chi connectivity index (χ3v) is 3.79. The molecule has 0 N–H and O–H groups in total. The van der Waals surface area contributed by atoms with Crippen molar-refractivity contribution in [1.29, 1.82) is 0 Å². The fourth-order valence-electron chi connectivity index (χ4n) is 0.919. The van der Waals surface area contributed by atoms with Gasteiger partial charge in [-0.25, -0.2) is 0 Å². The quantitative estimate of drug-likeness (QED) is 0.428. The van der Waals surface area contributed by atoms with E-state index in [1.54, 1.807) is 0 Å². The first-order chi connectivity index (χ1) is 4.81. The van der Waals surface area contributed by atoms with E-state index in [9.17, 15) is 0 Å². The van der Waals surface area contributed by atoms with Crippen molar-refractivity contribution in [1.82, 2.24) is 0 Å². The molecule has 2 heteroatoms. The summed E-state index contributed by atoms with van der Waals surface area (Å²) >= 11 is 0. The predicted octanol–water partition coefficient (Wildman–Crippen LogP) is 2.57. The zero-order valence-electron chi connectivity index (χ0n) is 7.52. The van der Waals surface area contributed by atoms with Crippen LogP contribution in [0.15, 0.2) is 0 Å². The lowest BCUT2D eigenvalue weighted by Crippen LogP contribution is -2.13. The molecule has 0 saturated carbocycles. The van der Waals surface area contributed by atoms with Gasteiger partial charge in [0.15, 0.2) is 9.04 Å². The Hall–Kier alpha value is 0.177. The van der Waals surface area contributed by atoms with E-state index in [1.807, 2.05) is 0 Å². The van der Waals surface area contributed by atoms with Crippen molar-refractivity contribution in [2.75, 3.05) is 6.61 Å². The maximum Gasteiger partial charge on any atom is 0.173 e. The minimum atomic E-state index is -0.734. The van der Waals surface area contributed by atoms with Gasteiger partial charge in [-0.1, -0.05) is 26.7 Å². The van der Waals surface area contributed by atoms with Gasteiger partial charge in [0.05, 0.1) is 0 Å². The second-order valence-electron chi connectivity index (χ2n) is 2.82. The van der Waals surface area contributed by atoms with Crippen LogP contribution in [0.2, 0.25) is 12.6 Å². The Bertz CT molecular complexity index is 66.3. The normalized spacial score (nSPS) is 13.5. The molecule has 0 heterocycles. The monoisotopic (exact) mass is 160 g/mol. The summed E-state index contributed by atoms with van der Waals surface area (Å²) in [5.41, 5.74) is 0. The van der Waals surface area contributed by atoms with Crippen LogP contribution in [0.25, 0.3) is 0 Å². The Kier molecular flexibility index (Phi) is 7.41. The van der Waals surface area contributed by atoms with Gasteiger partial charge in [0.1, 0.15) is 0 Å². The Morgan fingerprint density at radius 1 is 1.20 bits per heavy atom. The molecule has 0 saturated heterocycles. The minimum absolute atomic E-state index is 0.734. The molecule has 62 valence electrons. The van der Waals surface area contributed by atoms with Crippen LogP contribution in [0.4, 0.5) is 0 Å². The van der Waals surface area contributed by atoms with Crippen molar-refractivity contribution in [3.63, 3.8) is 0 Å². The molecule has 0 spiro atoms. The highest BCUT2D eigenvalue weighted by Crippen LogP contribution is 1.99. The Morgan fingerprint density at radius 3 is 2.40 bits per heavy atom. The van der Waals surface area contributed by atoms with E-state index >= 15 is 0 Å². The van der Waals surface area contributed by atoms with Crippen molar-refractivity contribution in [3.05, 3.63) is 0 Å². The number of hydrogen-bond donors (Lipinski definition) is 0. The average Bonchev–Trinajstić information content (AvgIpc) is 1.89. The van der Waals surface area contributed by atoms with E-state index < -0.39 is 9.04 Å². The molecular formula is C8H20OSi.